The zero-order valence-corrected chi connectivity index (χ0v) is 46.3. The Bertz CT molecular complexity index is 3660. The normalized spacial score (nSPS) is 12.9. The number of hydrogen-bond acceptors (Lipinski definition) is 4. The number of halogens is 1. The number of benzene rings is 5. The Balaban J connectivity index is 1.33. The highest BCUT2D eigenvalue weighted by molar-refractivity contribution is 6.00. The second-order valence-corrected chi connectivity index (χ2v) is 24.5. The zero-order valence-electron chi connectivity index (χ0n) is 46.3. The van der Waals surface area contributed by atoms with E-state index < -0.39 is 0 Å². The van der Waals surface area contributed by atoms with Gasteiger partial charge < -0.3 is 14.7 Å². The minimum atomic E-state index is -0.332. The second-order valence-electron chi connectivity index (χ2n) is 24.5. The van der Waals surface area contributed by atoms with Crippen molar-refractivity contribution in [2.75, 3.05) is 6.61 Å². The topological polar surface area (TPSA) is 83.7 Å². The molecule has 10 rings (SSSR count). The smallest absolute Gasteiger partial charge is 0.338 e. The molecule has 7 heteroatoms. The average Bonchev–Trinajstić information content (AvgIpc) is 4.24. The van der Waals surface area contributed by atoms with E-state index in [0.717, 1.165) is 100 Å². The largest absolute Gasteiger partial charge is 0.462 e. The number of rotatable bonds is 7. The van der Waals surface area contributed by atoms with Crippen LogP contribution in [0.2, 0.25) is 0 Å². The number of ether oxygens (including phenoxy) is 1. The van der Waals surface area contributed by atoms with E-state index in [1.165, 1.54) is 34.4 Å². The van der Waals surface area contributed by atoms with Crippen LogP contribution in [0.3, 0.4) is 0 Å². The molecule has 5 aromatic carbocycles. The molecule has 384 valence electrons. The molecule has 0 unspecified atom stereocenters. The predicted octanol–water partition coefficient (Wildman–Crippen LogP) is 18.5. The fourth-order valence-electron chi connectivity index (χ4n) is 10.2. The van der Waals surface area contributed by atoms with E-state index in [1.807, 2.05) is 43.3 Å². The molecule has 3 aromatic heterocycles. The molecule has 0 spiro atoms. The van der Waals surface area contributed by atoms with Crippen LogP contribution in [0, 0.1) is 5.82 Å². The summed E-state index contributed by atoms with van der Waals surface area (Å²) in [4.78, 5) is 31.6. The van der Waals surface area contributed by atoms with E-state index in [2.05, 4.69) is 202 Å². The number of nitrogens with zero attached hydrogens (tertiary/aromatic N) is 2. The third-order valence-corrected chi connectivity index (χ3v) is 14.7. The van der Waals surface area contributed by atoms with Crippen molar-refractivity contribution in [1.82, 2.24) is 19.9 Å². The minimum Gasteiger partial charge on any atom is -0.462 e. The van der Waals surface area contributed by atoms with E-state index >= 15 is 0 Å². The molecule has 6 nitrogen and oxygen atoms in total. The van der Waals surface area contributed by atoms with Gasteiger partial charge in [-0.1, -0.05) is 168 Å². The van der Waals surface area contributed by atoms with Crippen molar-refractivity contribution in [1.29, 1.82) is 0 Å². The average molecular weight is 1010 g/mol. The molecule has 2 aliphatic heterocycles. The van der Waals surface area contributed by atoms with Gasteiger partial charge in [0.05, 0.1) is 34.9 Å². The fraction of sp³-hybridized carbons (Fsp3) is 0.261. The van der Waals surface area contributed by atoms with E-state index in [0.29, 0.717) is 12.2 Å². The molecule has 0 saturated carbocycles. The van der Waals surface area contributed by atoms with Crippen LogP contribution in [0.15, 0.2) is 133 Å². The molecule has 8 aromatic rings. The number of aromatic amines is 2. The summed E-state index contributed by atoms with van der Waals surface area (Å²) in [5.41, 5.74) is 21.4. The van der Waals surface area contributed by atoms with Crippen molar-refractivity contribution in [3.05, 3.63) is 190 Å². The molecule has 5 heterocycles. The van der Waals surface area contributed by atoms with E-state index in [9.17, 15) is 9.18 Å². The lowest BCUT2D eigenvalue weighted by atomic mass is 9.78. The van der Waals surface area contributed by atoms with Crippen LogP contribution in [0.1, 0.15) is 145 Å². The standard InChI is InChI=1S/C69H69FN4O2/c1-14-76-65(75)45-21-17-42(18-22-45)41-15-19-43(20-16-41)61-53-27-31-57(71-53)63(46-35-48(66(2,3)4)39-49(36-46)67(5,6)7)59-33-29-55(73-59)62(44-23-25-52(70)26-24-44)56-30-34-60(74-56)64(58-32-28-54(61)72-58)47-37-50(68(8,9)10)40-51(38-47)69(11,12)13/h15-40,71,74H,14H2,1-13H3. The first-order valence-corrected chi connectivity index (χ1v) is 26.6. The summed E-state index contributed by atoms with van der Waals surface area (Å²) in [6.07, 6.45) is 8.50. The van der Waals surface area contributed by atoms with Gasteiger partial charge in [0.2, 0.25) is 0 Å². The molecule has 2 aliphatic rings. The van der Waals surface area contributed by atoms with Crippen molar-refractivity contribution < 1.29 is 13.9 Å². The lowest BCUT2D eigenvalue weighted by Gasteiger charge is -2.26. The Morgan fingerprint density at radius 3 is 1.01 bits per heavy atom. The molecule has 0 atom stereocenters. The number of carbonyl (C=O) groups excluding carboxylic acids is 1. The monoisotopic (exact) mass is 1000 g/mol. The van der Waals surface area contributed by atoms with Crippen LogP contribution in [0.4, 0.5) is 4.39 Å². The van der Waals surface area contributed by atoms with Crippen LogP contribution < -0.4 is 0 Å². The van der Waals surface area contributed by atoms with E-state index in [1.54, 1.807) is 0 Å². The van der Waals surface area contributed by atoms with E-state index in [4.69, 9.17) is 14.7 Å². The van der Waals surface area contributed by atoms with Gasteiger partial charge in [-0.15, -0.1) is 0 Å². The van der Waals surface area contributed by atoms with Gasteiger partial charge in [0.15, 0.2) is 0 Å². The molecule has 8 bridgehead atoms. The third kappa shape index (κ3) is 10.3. The first-order chi connectivity index (χ1) is 35.9. The van der Waals surface area contributed by atoms with Gasteiger partial charge in [-0.3, -0.25) is 0 Å². The highest BCUT2D eigenvalue weighted by atomic mass is 19.1. The van der Waals surface area contributed by atoms with Gasteiger partial charge in [0.25, 0.3) is 0 Å². The highest BCUT2D eigenvalue weighted by Gasteiger charge is 2.26. The summed E-state index contributed by atoms with van der Waals surface area (Å²) in [5, 5.41) is 0. The van der Waals surface area contributed by atoms with Crippen LogP contribution in [0.5, 0.6) is 0 Å². The molecule has 0 fully saturated rings. The van der Waals surface area contributed by atoms with Crippen molar-refractivity contribution in [2.24, 2.45) is 0 Å². The molecule has 2 N–H and O–H groups in total. The summed E-state index contributed by atoms with van der Waals surface area (Å²) < 4.78 is 20.0. The van der Waals surface area contributed by atoms with Crippen LogP contribution in [-0.4, -0.2) is 32.5 Å². The molecular weight excluding hydrogens is 936 g/mol. The minimum absolute atomic E-state index is 0.134. The lowest BCUT2D eigenvalue weighted by molar-refractivity contribution is 0.0526. The van der Waals surface area contributed by atoms with Gasteiger partial charge in [-0.25, -0.2) is 19.2 Å². The summed E-state index contributed by atoms with van der Waals surface area (Å²) in [7, 11) is 0. The SMILES string of the molecule is CCOC(=O)c1ccc(-c2ccc(-c3c4nc(c(-c5cc(C(C)(C)C)cc(C(C)(C)C)c5)c5ccc([nH]5)c(-c5ccc(F)cc5)c5nc(c(-c6cc(C(C)(C)C)cc(C(C)(C)C)c6)c6ccc3[nH]6)C=C5)C=C4)cc2)cc1. The quantitative estimate of drug-likeness (QED) is 0.156. The van der Waals surface area contributed by atoms with Crippen molar-refractivity contribution in [3.63, 3.8) is 0 Å². The summed E-state index contributed by atoms with van der Waals surface area (Å²) in [5.74, 6) is -0.635. The first kappa shape index (κ1) is 51.6. The van der Waals surface area contributed by atoms with Gasteiger partial charge >= 0.3 is 5.97 Å². The molecule has 0 radical (unpaired) electrons. The van der Waals surface area contributed by atoms with Crippen LogP contribution in [-0.2, 0) is 26.4 Å². The lowest BCUT2D eigenvalue weighted by Crippen LogP contribution is -2.16. The van der Waals surface area contributed by atoms with Crippen LogP contribution in [0.25, 0.3) is 102 Å². The van der Waals surface area contributed by atoms with Gasteiger partial charge in [0, 0.05) is 44.3 Å². The highest BCUT2D eigenvalue weighted by Crippen LogP contribution is 2.43. The summed E-state index contributed by atoms with van der Waals surface area (Å²) >= 11 is 0. The van der Waals surface area contributed by atoms with Gasteiger partial charge in [0.1, 0.15) is 5.82 Å². The molecule has 76 heavy (non-hydrogen) atoms. The zero-order chi connectivity index (χ0) is 54.1. The Hall–Kier alpha value is -7.90. The fourth-order valence-corrected chi connectivity index (χ4v) is 10.2. The number of H-pyrrole nitrogens is 2. The number of hydrogen-bond donors (Lipinski definition) is 2. The number of carbonyl (C=O) groups is 1. The Morgan fingerprint density at radius 1 is 0.408 bits per heavy atom. The third-order valence-electron chi connectivity index (χ3n) is 14.7. The Labute approximate surface area is 447 Å². The summed E-state index contributed by atoms with van der Waals surface area (Å²) in [6.45, 7) is 29.3. The van der Waals surface area contributed by atoms with Crippen LogP contribution >= 0.6 is 0 Å². The number of esters is 1. The molecule has 0 aliphatic carbocycles. The summed E-state index contributed by atoms with van der Waals surface area (Å²) in [6, 6.07) is 45.5. The number of nitrogens with one attached hydrogen (secondary N) is 2. The van der Waals surface area contributed by atoms with Crippen molar-refractivity contribution in [2.45, 2.75) is 112 Å². The maximum absolute atomic E-state index is 14.8. The predicted molar refractivity (Wildman–Crippen MR) is 317 cm³/mol. The van der Waals surface area contributed by atoms with Gasteiger partial charge in [-0.2, -0.15) is 0 Å². The molecule has 0 amide bonds. The maximum atomic E-state index is 14.8. The Morgan fingerprint density at radius 2 is 0.697 bits per heavy atom. The first-order valence-electron chi connectivity index (χ1n) is 26.6. The molecular formula is C69H69FN4O2. The second kappa shape index (κ2) is 19.3. The van der Waals surface area contributed by atoms with Crippen molar-refractivity contribution in [3.8, 4) is 55.6 Å². The maximum Gasteiger partial charge on any atom is 0.338 e. The van der Waals surface area contributed by atoms with Gasteiger partial charge in [-0.05, 0) is 157 Å². The Kier molecular flexibility index (Phi) is 13.1. The molecule has 0 saturated heterocycles. The van der Waals surface area contributed by atoms with Crippen molar-refractivity contribution >= 4 is 52.3 Å². The number of aromatic nitrogens is 4. The number of fused-ring (bicyclic) bond motifs is 8. The van der Waals surface area contributed by atoms with E-state index in [-0.39, 0.29) is 33.4 Å².